The number of ether oxygens (including phenoxy) is 1. The summed E-state index contributed by atoms with van der Waals surface area (Å²) in [5.41, 5.74) is 2.53. The standard InChI is InChI=1S/C15H13N3O4/c16-17-15(19)14(22-13-4-2-1-3-5-13)10-11-6-8-12(9-7-11)18(20)21/h1-10H,16H2,(H,17,19)/b14-10-. The lowest BCUT2D eigenvalue weighted by molar-refractivity contribution is -0.384. The Bertz CT molecular complexity index is 696. The first-order valence-corrected chi connectivity index (χ1v) is 6.30. The molecule has 0 aromatic heterocycles. The Morgan fingerprint density at radius 1 is 1.14 bits per heavy atom. The van der Waals surface area contributed by atoms with Crippen LogP contribution in [0.15, 0.2) is 60.4 Å². The first-order valence-electron chi connectivity index (χ1n) is 6.30. The number of para-hydroxylation sites is 1. The quantitative estimate of drug-likeness (QED) is 0.219. The number of hydrogen-bond acceptors (Lipinski definition) is 5. The number of nitro groups is 1. The van der Waals surface area contributed by atoms with Crippen molar-refractivity contribution in [2.75, 3.05) is 0 Å². The Balaban J connectivity index is 2.28. The summed E-state index contributed by atoms with van der Waals surface area (Å²) in [4.78, 5) is 21.9. The molecule has 0 aliphatic rings. The number of carbonyl (C=O) groups excluding carboxylic acids is 1. The molecule has 2 aromatic rings. The maximum Gasteiger partial charge on any atom is 0.300 e. The monoisotopic (exact) mass is 299 g/mol. The average molecular weight is 299 g/mol. The van der Waals surface area contributed by atoms with E-state index < -0.39 is 10.8 Å². The van der Waals surface area contributed by atoms with Crippen LogP contribution < -0.4 is 16.0 Å². The molecule has 7 heteroatoms. The van der Waals surface area contributed by atoms with Gasteiger partial charge in [0.1, 0.15) is 5.75 Å². The van der Waals surface area contributed by atoms with E-state index in [0.717, 1.165) is 0 Å². The summed E-state index contributed by atoms with van der Waals surface area (Å²) in [5.74, 6) is 4.97. The van der Waals surface area contributed by atoms with Crippen LogP contribution in [0.3, 0.4) is 0 Å². The van der Waals surface area contributed by atoms with E-state index in [1.807, 2.05) is 11.5 Å². The number of carbonyl (C=O) groups is 1. The molecular weight excluding hydrogens is 286 g/mol. The first-order chi connectivity index (χ1) is 10.6. The van der Waals surface area contributed by atoms with Crippen molar-refractivity contribution in [3.05, 3.63) is 76.0 Å². The van der Waals surface area contributed by atoms with Crippen LogP contribution in [0.4, 0.5) is 5.69 Å². The summed E-state index contributed by atoms with van der Waals surface area (Å²) in [6.45, 7) is 0. The van der Waals surface area contributed by atoms with Gasteiger partial charge in [0, 0.05) is 12.1 Å². The Hall–Kier alpha value is -3.19. The predicted molar refractivity (Wildman–Crippen MR) is 80.5 cm³/mol. The van der Waals surface area contributed by atoms with E-state index in [4.69, 9.17) is 10.6 Å². The lowest BCUT2D eigenvalue weighted by atomic mass is 10.2. The van der Waals surface area contributed by atoms with E-state index >= 15 is 0 Å². The van der Waals surface area contributed by atoms with Gasteiger partial charge in [-0.1, -0.05) is 18.2 Å². The molecule has 2 rings (SSSR count). The largest absolute Gasteiger partial charge is 0.452 e. The molecule has 1 amide bonds. The molecule has 0 spiro atoms. The van der Waals surface area contributed by atoms with Gasteiger partial charge in [0.15, 0.2) is 5.76 Å². The van der Waals surface area contributed by atoms with E-state index in [1.165, 1.54) is 30.3 Å². The topological polar surface area (TPSA) is 107 Å². The van der Waals surface area contributed by atoms with Crippen molar-refractivity contribution >= 4 is 17.7 Å². The third kappa shape index (κ3) is 3.90. The fourth-order valence-electron chi connectivity index (χ4n) is 1.67. The van der Waals surface area contributed by atoms with Gasteiger partial charge < -0.3 is 4.74 Å². The van der Waals surface area contributed by atoms with Gasteiger partial charge in [0.05, 0.1) is 4.92 Å². The second-order valence-electron chi connectivity index (χ2n) is 4.25. The maximum atomic E-state index is 11.8. The number of nitrogens with one attached hydrogen (secondary N) is 1. The van der Waals surface area contributed by atoms with Gasteiger partial charge in [-0.15, -0.1) is 0 Å². The zero-order valence-corrected chi connectivity index (χ0v) is 11.4. The number of hydrazine groups is 1. The van der Waals surface area contributed by atoms with E-state index in [-0.39, 0.29) is 11.4 Å². The highest BCUT2D eigenvalue weighted by atomic mass is 16.6. The normalized spacial score (nSPS) is 10.9. The van der Waals surface area contributed by atoms with Crippen LogP contribution in [0.2, 0.25) is 0 Å². The van der Waals surface area contributed by atoms with Gasteiger partial charge in [0.2, 0.25) is 0 Å². The number of nitrogens with zero attached hydrogens (tertiary/aromatic N) is 1. The van der Waals surface area contributed by atoms with Gasteiger partial charge in [-0.25, -0.2) is 5.84 Å². The molecule has 0 aliphatic heterocycles. The van der Waals surface area contributed by atoms with Gasteiger partial charge in [0.25, 0.3) is 5.69 Å². The molecular formula is C15H13N3O4. The molecule has 0 heterocycles. The van der Waals surface area contributed by atoms with Crippen molar-refractivity contribution in [1.82, 2.24) is 5.43 Å². The fourth-order valence-corrected chi connectivity index (χ4v) is 1.67. The van der Waals surface area contributed by atoms with Crippen LogP contribution in [-0.4, -0.2) is 10.8 Å². The summed E-state index contributed by atoms with van der Waals surface area (Å²) >= 11 is 0. The molecule has 3 N–H and O–H groups in total. The molecule has 0 saturated heterocycles. The summed E-state index contributed by atoms with van der Waals surface area (Å²) in [5, 5.41) is 10.6. The zero-order valence-electron chi connectivity index (χ0n) is 11.4. The van der Waals surface area contributed by atoms with Gasteiger partial charge in [-0.2, -0.15) is 0 Å². The summed E-state index contributed by atoms with van der Waals surface area (Å²) in [6, 6.07) is 14.4. The highest BCUT2D eigenvalue weighted by Gasteiger charge is 2.11. The van der Waals surface area contributed by atoms with Crippen molar-refractivity contribution in [1.29, 1.82) is 0 Å². The minimum absolute atomic E-state index is 0.0254. The zero-order chi connectivity index (χ0) is 15.9. The number of hydrogen-bond donors (Lipinski definition) is 2. The van der Waals surface area contributed by atoms with Crippen LogP contribution in [-0.2, 0) is 4.79 Å². The Kier molecular flexibility index (Phi) is 4.84. The molecule has 0 saturated carbocycles. The molecule has 0 atom stereocenters. The smallest absolute Gasteiger partial charge is 0.300 e. The third-order valence-corrected chi connectivity index (χ3v) is 2.73. The van der Waals surface area contributed by atoms with Crippen molar-refractivity contribution in [3.8, 4) is 5.75 Å². The van der Waals surface area contributed by atoms with Crippen LogP contribution in [0, 0.1) is 10.1 Å². The number of non-ortho nitro benzene ring substituents is 1. The SMILES string of the molecule is NNC(=O)/C(=C/c1ccc([N+](=O)[O-])cc1)Oc1ccccc1. The number of amides is 1. The predicted octanol–water partition coefficient (Wildman–Crippen LogP) is 2.00. The molecule has 2 aromatic carbocycles. The number of benzene rings is 2. The van der Waals surface area contributed by atoms with E-state index in [1.54, 1.807) is 24.3 Å². The number of nitro benzene ring substituents is 1. The Labute approximate surface area is 126 Å². The summed E-state index contributed by atoms with van der Waals surface area (Å²) in [7, 11) is 0. The average Bonchev–Trinajstić information content (AvgIpc) is 2.55. The van der Waals surface area contributed by atoms with E-state index in [2.05, 4.69) is 0 Å². The second kappa shape index (κ2) is 7.00. The maximum absolute atomic E-state index is 11.8. The molecule has 0 unspecified atom stereocenters. The number of rotatable bonds is 5. The highest BCUT2D eigenvalue weighted by molar-refractivity contribution is 5.95. The summed E-state index contributed by atoms with van der Waals surface area (Å²) in [6.07, 6.45) is 1.44. The molecule has 112 valence electrons. The molecule has 0 radical (unpaired) electrons. The highest BCUT2D eigenvalue weighted by Crippen LogP contribution is 2.17. The van der Waals surface area contributed by atoms with Crippen molar-refractivity contribution in [3.63, 3.8) is 0 Å². The second-order valence-corrected chi connectivity index (χ2v) is 4.25. The Morgan fingerprint density at radius 3 is 2.32 bits per heavy atom. The van der Waals surface area contributed by atoms with Crippen LogP contribution in [0.1, 0.15) is 5.56 Å². The molecule has 0 fully saturated rings. The third-order valence-electron chi connectivity index (χ3n) is 2.73. The van der Waals surface area contributed by atoms with Gasteiger partial charge in [-0.3, -0.25) is 20.3 Å². The van der Waals surface area contributed by atoms with Gasteiger partial charge in [-0.05, 0) is 35.9 Å². The van der Waals surface area contributed by atoms with Crippen molar-refractivity contribution in [2.24, 2.45) is 5.84 Å². The first kappa shape index (κ1) is 15.2. The van der Waals surface area contributed by atoms with Crippen LogP contribution >= 0.6 is 0 Å². The fraction of sp³-hybridized carbons (Fsp3) is 0. The summed E-state index contributed by atoms with van der Waals surface area (Å²) < 4.78 is 5.48. The minimum Gasteiger partial charge on any atom is -0.452 e. The van der Waals surface area contributed by atoms with Crippen LogP contribution in [0.5, 0.6) is 5.75 Å². The molecule has 7 nitrogen and oxygen atoms in total. The Morgan fingerprint density at radius 2 is 1.77 bits per heavy atom. The molecule has 0 aliphatic carbocycles. The minimum atomic E-state index is -0.609. The lowest BCUT2D eigenvalue weighted by Gasteiger charge is -2.08. The van der Waals surface area contributed by atoms with Crippen LogP contribution in [0.25, 0.3) is 6.08 Å². The molecule has 0 bridgehead atoms. The van der Waals surface area contributed by atoms with Gasteiger partial charge >= 0.3 is 5.91 Å². The number of nitrogens with two attached hydrogens (primary N) is 1. The lowest BCUT2D eigenvalue weighted by Crippen LogP contribution is -2.33. The van der Waals surface area contributed by atoms with Crippen molar-refractivity contribution < 1.29 is 14.5 Å². The van der Waals surface area contributed by atoms with E-state index in [0.29, 0.717) is 11.3 Å². The molecule has 22 heavy (non-hydrogen) atoms. The van der Waals surface area contributed by atoms with Crippen molar-refractivity contribution in [2.45, 2.75) is 0 Å². The van der Waals surface area contributed by atoms with E-state index in [9.17, 15) is 14.9 Å².